The van der Waals surface area contributed by atoms with Crippen molar-refractivity contribution >= 4 is 16.9 Å². The number of nitrogens with zero attached hydrogens (tertiary/aromatic N) is 2. The molecule has 0 aliphatic rings. The van der Waals surface area contributed by atoms with Crippen LogP contribution in [0.15, 0.2) is 30.5 Å². The van der Waals surface area contributed by atoms with E-state index in [-0.39, 0.29) is 12.1 Å². The molecule has 1 aromatic heterocycles. The van der Waals surface area contributed by atoms with E-state index < -0.39 is 5.97 Å². The van der Waals surface area contributed by atoms with Crippen LogP contribution in [0.4, 0.5) is 0 Å². The van der Waals surface area contributed by atoms with Crippen molar-refractivity contribution in [3.63, 3.8) is 0 Å². The van der Waals surface area contributed by atoms with E-state index >= 15 is 0 Å². The Labute approximate surface area is 86.0 Å². The lowest BCUT2D eigenvalue weighted by Gasteiger charge is -2.00. The number of hydrogen-bond donors (Lipinski definition) is 1. The maximum absolute atomic E-state index is 10.8. The van der Waals surface area contributed by atoms with Gasteiger partial charge in [-0.1, -0.05) is 6.07 Å². The number of carboxylic acid groups (broad SMARTS) is 1. The number of benzene rings is 1. The molecule has 15 heavy (non-hydrogen) atoms. The Morgan fingerprint density at radius 2 is 2.27 bits per heavy atom. The Morgan fingerprint density at radius 3 is 2.93 bits per heavy atom. The van der Waals surface area contributed by atoms with Crippen molar-refractivity contribution in [1.29, 1.82) is 5.26 Å². The monoisotopic (exact) mass is 200 g/mol. The van der Waals surface area contributed by atoms with E-state index in [0.717, 1.165) is 10.9 Å². The minimum Gasteiger partial charge on any atom is -0.478 e. The second kappa shape index (κ2) is 3.46. The van der Waals surface area contributed by atoms with E-state index in [9.17, 15) is 4.79 Å². The van der Waals surface area contributed by atoms with Crippen LogP contribution in [0, 0.1) is 11.3 Å². The summed E-state index contributed by atoms with van der Waals surface area (Å²) in [5.41, 5.74) is 1.01. The van der Waals surface area contributed by atoms with E-state index in [4.69, 9.17) is 10.4 Å². The lowest BCUT2D eigenvalue weighted by Crippen LogP contribution is -1.97. The van der Waals surface area contributed by atoms with Crippen LogP contribution < -0.4 is 0 Å². The Bertz CT molecular complexity index is 563. The maximum Gasteiger partial charge on any atom is 0.335 e. The lowest BCUT2D eigenvalue weighted by molar-refractivity contribution is 0.0697. The highest BCUT2D eigenvalue weighted by molar-refractivity contribution is 5.93. The summed E-state index contributed by atoms with van der Waals surface area (Å²) in [4.78, 5) is 10.8. The van der Waals surface area contributed by atoms with Gasteiger partial charge in [0.15, 0.2) is 0 Å². The Balaban J connectivity index is 2.62. The molecule has 0 unspecified atom stereocenters. The van der Waals surface area contributed by atoms with Gasteiger partial charge < -0.3 is 9.67 Å². The molecule has 0 saturated carbocycles. The number of carboxylic acids is 1. The third-order valence-electron chi connectivity index (χ3n) is 2.26. The van der Waals surface area contributed by atoms with E-state index in [0.29, 0.717) is 0 Å². The quantitative estimate of drug-likeness (QED) is 0.804. The molecule has 0 aliphatic heterocycles. The zero-order valence-electron chi connectivity index (χ0n) is 7.84. The molecule has 0 saturated heterocycles. The van der Waals surface area contributed by atoms with Gasteiger partial charge in [0.1, 0.15) is 6.54 Å². The smallest absolute Gasteiger partial charge is 0.335 e. The molecule has 0 radical (unpaired) electrons. The van der Waals surface area contributed by atoms with Gasteiger partial charge in [0.05, 0.1) is 11.6 Å². The van der Waals surface area contributed by atoms with Crippen molar-refractivity contribution in [1.82, 2.24) is 4.57 Å². The Kier molecular flexibility index (Phi) is 2.14. The van der Waals surface area contributed by atoms with Crippen LogP contribution in [0.5, 0.6) is 0 Å². The Morgan fingerprint density at radius 1 is 1.47 bits per heavy atom. The molecular weight excluding hydrogens is 192 g/mol. The highest BCUT2D eigenvalue weighted by Gasteiger charge is 2.06. The van der Waals surface area contributed by atoms with Crippen molar-refractivity contribution in [3.8, 4) is 6.07 Å². The third kappa shape index (κ3) is 1.55. The fourth-order valence-electron chi connectivity index (χ4n) is 1.53. The first-order valence-corrected chi connectivity index (χ1v) is 4.41. The molecule has 0 amide bonds. The molecule has 1 heterocycles. The second-order valence-corrected chi connectivity index (χ2v) is 3.18. The summed E-state index contributed by atoms with van der Waals surface area (Å²) in [5.74, 6) is -0.957. The molecule has 0 spiro atoms. The molecular formula is C11H8N2O2. The fraction of sp³-hybridized carbons (Fsp3) is 0.0909. The maximum atomic E-state index is 10.8. The normalized spacial score (nSPS) is 10.1. The number of carbonyl (C=O) groups is 1. The van der Waals surface area contributed by atoms with Crippen LogP contribution in [0.1, 0.15) is 10.4 Å². The SMILES string of the molecule is N#CCn1ccc2ccc(C(=O)O)cc21. The Hall–Kier alpha value is -2.28. The minimum atomic E-state index is -0.957. The molecule has 0 fully saturated rings. The molecule has 0 bridgehead atoms. The van der Waals surface area contributed by atoms with E-state index in [2.05, 4.69) is 0 Å². The van der Waals surface area contributed by atoms with Gasteiger partial charge in [0.25, 0.3) is 0 Å². The first kappa shape index (κ1) is 9.28. The molecule has 1 aromatic carbocycles. The van der Waals surface area contributed by atoms with Crippen LogP contribution in [-0.4, -0.2) is 15.6 Å². The molecule has 4 nitrogen and oxygen atoms in total. The van der Waals surface area contributed by atoms with E-state index in [1.807, 2.05) is 12.1 Å². The molecule has 4 heteroatoms. The summed E-state index contributed by atoms with van der Waals surface area (Å²) in [6, 6.07) is 8.76. The van der Waals surface area contributed by atoms with Crippen molar-refractivity contribution in [2.45, 2.75) is 6.54 Å². The molecule has 2 aromatic rings. The van der Waals surface area contributed by atoms with Gasteiger partial charge >= 0.3 is 5.97 Å². The van der Waals surface area contributed by atoms with Crippen LogP contribution in [-0.2, 0) is 6.54 Å². The van der Waals surface area contributed by atoms with Gasteiger partial charge in [-0.15, -0.1) is 0 Å². The van der Waals surface area contributed by atoms with Gasteiger partial charge in [0, 0.05) is 11.7 Å². The minimum absolute atomic E-state index is 0.229. The van der Waals surface area contributed by atoms with Crippen LogP contribution in [0.25, 0.3) is 10.9 Å². The first-order valence-electron chi connectivity index (χ1n) is 4.41. The van der Waals surface area contributed by atoms with Gasteiger partial charge in [0.2, 0.25) is 0 Å². The number of aromatic carboxylic acids is 1. The number of hydrogen-bond acceptors (Lipinski definition) is 2. The predicted octanol–water partition coefficient (Wildman–Crippen LogP) is 1.86. The van der Waals surface area contributed by atoms with Crippen LogP contribution in [0.3, 0.4) is 0 Å². The summed E-state index contributed by atoms with van der Waals surface area (Å²) in [6.07, 6.45) is 1.78. The summed E-state index contributed by atoms with van der Waals surface area (Å²) >= 11 is 0. The van der Waals surface area contributed by atoms with E-state index in [1.165, 1.54) is 0 Å². The largest absolute Gasteiger partial charge is 0.478 e. The van der Waals surface area contributed by atoms with Gasteiger partial charge in [-0.25, -0.2) is 4.79 Å². The zero-order chi connectivity index (χ0) is 10.8. The van der Waals surface area contributed by atoms with Crippen molar-refractivity contribution < 1.29 is 9.90 Å². The van der Waals surface area contributed by atoms with Gasteiger partial charge in [-0.05, 0) is 23.6 Å². The highest BCUT2D eigenvalue weighted by Crippen LogP contribution is 2.17. The van der Waals surface area contributed by atoms with Gasteiger partial charge in [-0.2, -0.15) is 5.26 Å². The van der Waals surface area contributed by atoms with Crippen LogP contribution >= 0.6 is 0 Å². The third-order valence-corrected chi connectivity index (χ3v) is 2.26. The molecule has 0 aliphatic carbocycles. The standard InChI is InChI=1S/C11H8N2O2/c12-4-6-13-5-3-8-1-2-9(11(14)15)7-10(8)13/h1-3,5,7H,6H2,(H,14,15). The molecule has 2 rings (SSSR count). The average Bonchev–Trinajstić information content (AvgIpc) is 2.61. The van der Waals surface area contributed by atoms with Crippen molar-refractivity contribution in [3.05, 3.63) is 36.0 Å². The second-order valence-electron chi connectivity index (χ2n) is 3.18. The van der Waals surface area contributed by atoms with E-state index in [1.54, 1.807) is 29.0 Å². The molecule has 74 valence electrons. The summed E-state index contributed by atoms with van der Waals surface area (Å²) < 4.78 is 1.72. The fourth-order valence-corrected chi connectivity index (χ4v) is 1.53. The van der Waals surface area contributed by atoms with Gasteiger partial charge in [-0.3, -0.25) is 0 Å². The summed E-state index contributed by atoms with van der Waals surface area (Å²) in [7, 11) is 0. The summed E-state index contributed by atoms with van der Waals surface area (Å²) in [6.45, 7) is 0.229. The average molecular weight is 200 g/mol. The van der Waals surface area contributed by atoms with Crippen LogP contribution in [0.2, 0.25) is 0 Å². The zero-order valence-corrected chi connectivity index (χ0v) is 7.84. The first-order chi connectivity index (χ1) is 7.22. The lowest BCUT2D eigenvalue weighted by atomic mass is 10.2. The number of rotatable bonds is 2. The summed E-state index contributed by atoms with van der Waals surface area (Å²) in [5, 5.41) is 18.4. The topological polar surface area (TPSA) is 66.0 Å². The number of nitriles is 1. The number of fused-ring (bicyclic) bond motifs is 1. The molecule has 1 N–H and O–H groups in total. The predicted molar refractivity (Wildman–Crippen MR) is 54.5 cm³/mol. The van der Waals surface area contributed by atoms with Crippen molar-refractivity contribution in [2.24, 2.45) is 0 Å². The number of aromatic nitrogens is 1. The molecule has 0 atom stereocenters. The van der Waals surface area contributed by atoms with Crippen molar-refractivity contribution in [2.75, 3.05) is 0 Å². The highest BCUT2D eigenvalue weighted by atomic mass is 16.4.